The third-order valence-corrected chi connectivity index (χ3v) is 1.50. The molecule has 0 radical (unpaired) electrons. The van der Waals surface area contributed by atoms with Crippen molar-refractivity contribution in [2.45, 2.75) is 33.1 Å². The van der Waals surface area contributed by atoms with Crippen molar-refractivity contribution in [1.29, 1.82) is 5.41 Å². The first kappa shape index (κ1) is 7.67. The van der Waals surface area contributed by atoms with E-state index >= 15 is 0 Å². The maximum absolute atomic E-state index is 6.75. The van der Waals surface area contributed by atoms with Gasteiger partial charge in [-0.2, -0.15) is 0 Å². The van der Waals surface area contributed by atoms with Crippen LogP contribution in [-0.4, -0.2) is 6.21 Å². The minimum atomic E-state index is 0.802. The molecule has 0 aromatic carbocycles. The molecule has 1 nitrogen and oxygen atoms in total. The summed E-state index contributed by atoms with van der Waals surface area (Å²) in [7, 11) is 0. The van der Waals surface area contributed by atoms with Crippen LogP contribution in [0, 0.1) is 11.3 Å². The molecule has 0 saturated heterocycles. The zero-order chi connectivity index (χ0) is 6.41. The molecule has 1 atom stereocenters. The first-order valence-electron chi connectivity index (χ1n) is 3.30. The lowest BCUT2D eigenvalue weighted by molar-refractivity contribution is 0.530. The lowest BCUT2D eigenvalue weighted by Gasteiger charge is -2.02. The topological polar surface area (TPSA) is 23.9 Å². The van der Waals surface area contributed by atoms with E-state index in [4.69, 9.17) is 5.41 Å². The molecular weight excluding hydrogens is 98.1 g/mol. The second-order valence-corrected chi connectivity index (χ2v) is 2.29. The van der Waals surface area contributed by atoms with E-state index in [1.807, 2.05) is 0 Å². The van der Waals surface area contributed by atoms with Crippen molar-refractivity contribution in [3.63, 3.8) is 0 Å². The molecular formula is C7H15N. The minimum absolute atomic E-state index is 0.802. The maximum Gasteiger partial charge on any atom is -0.00476 e. The zero-order valence-corrected chi connectivity index (χ0v) is 5.78. The highest BCUT2D eigenvalue weighted by atomic mass is 14.3. The number of rotatable bonds is 4. The van der Waals surface area contributed by atoms with E-state index in [9.17, 15) is 0 Å². The lowest BCUT2D eigenvalue weighted by atomic mass is 10.0. The molecule has 1 N–H and O–H groups in total. The van der Waals surface area contributed by atoms with E-state index in [0.717, 1.165) is 12.3 Å². The van der Waals surface area contributed by atoms with E-state index < -0.39 is 0 Å². The predicted octanol–water partition coefficient (Wildman–Crippen LogP) is 2.46. The third-order valence-electron chi connectivity index (χ3n) is 1.50. The molecule has 1 heteroatoms. The largest absolute Gasteiger partial charge is 0.313 e. The van der Waals surface area contributed by atoms with Gasteiger partial charge in [0.15, 0.2) is 0 Å². The molecule has 0 aliphatic heterocycles. The van der Waals surface area contributed by atoms with Crippen molar-refractivity contribution < 1.29 is 0 Å². The van der Waals surface area contributed by atoms with Crippen molar-refractivity contribution in [3.05, 3.63) is 0 Å². The van der Waals surface area contributed by atoms with Gasteiger partial charge in [0.1, 0.15) is 0 Å². The second-order valence-electron chi connectivity index (χ2n) is 2.29. The van der Waals surface area contributed by atoms with E-state index in [-0.39, 0.29) is 0 Å². The molecule has 0 aromatic rings. The van der Waals surface area contributed by atoms with Crippen LogP contribution in [-0.2, 0) is 0 Å². The van der Waals surface area contributed by atoms with Gasteiger partial charge in [0, 0.05) is 0 Å². The van der Waals surface area contributed by atoms with Crippen LogP contribution >= 0.6 is 0 Å². The molecule has 0 aromatic heterocycles. The Morgan fingerprint density at radius 1 is 1.62 bits per heavy atom. The average molecular weight is 113 g/mol. The molecule has 0 saturated carbocycles. The van der Waals surface area contributed by atoms with Gasteiger partial charge < -0.3 is 5.41 Å². The summed E-state index contributed by atoms with van der Waals surface area (Å²) < 4.78 is 0. The second kappa shape index (κ2) is 4.82. The summed E-state index contributed by atoms with van der Waals surface area (Å²) in [6.07, 6.45) is 4.87. The highest BCUT2D eigenvalue weighted by molar-refractivity contribution is 5.52. The van der Waals surface area contributed by atoms with Crippen molar-refractivity contribution in [2.75, 3.05) is 0 Å². The molecule has 0 bridgehead atoms. The fourth-order valence-electron chi connectivity index (χ4n) is 0.572. The van der Waals surface area contributed by atoms with Gasteiger partial charge in [0.25, 0.3) is 0 Å². The summed E-state index contributed by atoms with van der Waals surface area (Å²) in [6, 6.07) is 0. The summed E-state index contributed by atoms with van der Waals surface area (Å²) in [6.45, 7) is 4.41. The lowest BCUT2D eigenvalue weighted by Crippen LogP contribution is -1.90. The van der Waals surface area contributed by atoms with Gasteiger partial charge in [0.2, 0.25) is 0 Å². The summed E-state index contributed by atoms with van der Waals surface area (Å²) in [5.41, 5.74) is 0. The van der Waals surface area contributed by atoms with Gasteiger partial charge >= 0.3 is 0 Å². The smallest absolute Gasteiger partial charge is 0.00476 e. The first-order chi connectivity index (χ1) is 3.81. The molecule has 0 heterocycles. The number of hydrogen-bond donors (Lipinski definition) is 1. The van der Waals surface area contributed by atoms with Crippen LogP contribution in [0.25, 0.3) is 0 Å². The van der Waals surface area contributed by atoms with Crippen LogP contribution in [0.4, 0.5) is 0 Å². The first-order valence-corrected chi connectivity index (χ1v) is 3.30. The fourth-order valence-corrected chi connectivity index (χ4v) is 0.572. The average Bonchev–Trinajstić information content (AvgIpc) is 1.83. The minimum Gasteiger partial charge on any atom is -0.313 e. The van der Waals surface area contributed by atoms with E-state index in [0.29, 0.717) is 0 Å². The monoisotopic (exact) mass is 113 g/mol. The maximum atomic E-state index is 6.75. The molecule has 8 heavy (non-hydrogen) atoms. The zero-order valence-electron chi connectivity index (χ0n) is 5.78. The van der Waals surface area contributed by atoms with Gasteiger partial charge in [-0.25, -0.2) is 0 Å². The highest BCUT2D eigenvalue weighted by Gasteiger charge is 1.94. The molecule has 0 aliphatic carbocycles. The Labute approximate surface area is 51.6 Å². The predicted molar refractivity (Wildman–Crippen MR) is 37.5 cm³/mol. The van der Waals surface area contributed by atoms with Gasteiger partial charge in [-0.3, -0.25) is 0 Å². The van der Waals surface area contributed by atoms with E-state index in [1.54, 1.807) is 0 Å². The van der Waals surface area contributed by atoms with Gasteiger partial charge in [0.05, 0.1) is 0 Å². The quantitative estimate of drug-likeness (QED) is 0.541. The molecule has 0 spiro atoms. The van der Waals surface area contributed by atoms with Crippen LogP contribution in [0.1, 0.15) is 33.1 Å². The van der Waals surface area contributed by atoms with Crippen LogP contribution in [0.5, 0.6) is 0 Å². The van der Waals surface area contributed by atoms with Crippen molar-refractivity contribution in [1.82, 2.24) is 0 Å². The van der Waals surface area contributed by atoms with Crippen LogP contribution in [0.3, 0.4) is 0 Å². The SMILES string of the molecule is CCC(C)CCC=N. The van der Waals surface area contributed by atoms with Crippen molar-refractivity contribution in [2.24, 2.45) is 5.92 Å². The molecule has 0 amide bonds. The molecule has 0 fully saturated rings. The molecule has 1 unspecified atom stereocenters. The highest BCUT2D eigenvalue weighted by Crippen LogP contribution is 2.06. The Morgan fingerprint density at radius 2 is 2.25 bits per heavy atom. The van der Waals surface area contributed by atoms with Crippen LogP contribution < -0.4 is 0 Å². The normalized spacial score (nSPS) is 13.2. The third kappa shape index (κ3) is 3.85. The number of nitrogens with one attached hydrogen (secondary N) is 1. The van der Waals surface area contributed by atoms with Crippen LogP contribution in [0.2, 0.25) is 0 Å². The Morgan fingerprint density at radius 3 is 2.62 bits per heavy atom. The Bertz CT molecular complexity index is 59.4. The van der Waals surface area contributed by atoms with Gasteiger partial charge in [-0.1, -0.05) is 20.3 Å². The summed E-state index contributed by atoms with van der Waals surface area (Å²) in [5.74, 6) is 0.802. The fraction of sp³-hybridized carbons (Fsp3) is 0.857. The van der Waals surface area contributed by atoms with E-state index in [2.05, 4.69) is 13.8 Å². The molecule has 0 rings (SSSR count). The molecule has 48 valence electrons. The Hall–Kier alpha value is -0.330. The van der Waals surface area contributed by atoms with Gasteiger partial charge in [-0.05, 0) is 25.0 Å². The Balaban J connectivity index is 2.97. The van der Waals surface area contributed by atoms with E-state index in [1.165, 1.54) is 19.1 Å². The standard InChI is InChI=1S/C7H15N/c1-3-7(2)5-4-6-8/h6-8H,3-5H2,1-2H3. The van der Waals surface area contributed by atoms with Gasteiger partial charge in [-0.15, -0.1) is 0 Å². The number of hydrogen-bond acceptors (Lipinski definition) is 1. The summed E-state index contributed by atoms with van der Waals surface area (Å²) in [4.78, 5) is 0. The van der Waals surface area contributed by atoms with Crippen LogP contribution in [0.15, 0.2) is 0 Å². The summed E-state index contributed by atoms with van der Waals surface area (Å²) in [5, 5.41) is 6.75. The Kier molecular flexibility index (Phi) is 4.62. The molecule has 0 aliphatic rings. The van der Waals surface area contributed by atoms with Crippen molar-refractivity contribution in [3.8, 4) is 0 Å². The summed E-state index contributed by atoms with van der Waals surface area (Å²) >= 11 is 0. The van der Waals surface area contributed by atoms with Crippen molar-refractivity contribution >= 4 is 6.21 Å².